The average Bonchev–Trinajstić information content (AvgIpc) is 2.90. The van der Waals surface area contributed by atoms with E-state index in [-0.39, 0.29) is 5.92 Å². The van der Waals surface area contributed by atoms with Crippen molar-refractivity contribution >= 4 is 17.3 Å². The van der Waals surface area contributed by atoms with Crippen molar-refractivity contribution in [3.8, 4) is 0 Å². The second-order valence-corrected chi connectivity index (χ2v) is 5.98. The highest BCUT2D eigenvalue weighted by Crippen LogP contribution is 2.29. The Kier molecular flexibility index (Phi) is 4.72. The number of aliphatic carboxylic acids is 1. The summed E-state index contributed by atoms with van der Waals surface area (Å²) in [5.74, 6) is -0.127. The molecule has 0 spiro atoms. The number of carbonyl (C=O) groups is 1. The largest absolute Gasteiger partial charge is 0.481 e. The molecule has 18 heavy (non-hydrogen) atoms. The molecule has 1 aromatic rings. The Morgan fingerprint density at radius 3 is 2.83 bits per heavy atom. The second-order valence-electron chi connectivity index (χ2n) is 5.06. The Bertz CT molecular complexity index is 372. The summed E-state index contributed by atoms with van der Waals surface area (Å²) >= 11 is 1.67. The average molecular weight is 268 g/mol. The van der Waals surface area contributed by atoms with Crippen molar-refractivity contribution < 1.29 is 9.90 Å². The molecule has 1 aliphatic carbocycles. The predicted molar refractivity (Wildman–Crippen MR) is 71.6 cm³/mol. The van der Waals surface area contributed by atoms with E-state index in [1.807, 2.05) is 11.6 Å². The minimum absolute atomic E-state index is 0.113. The van der Waals surface area contributed by atoms with E-state index in [1.165, 1.54) is 0 Å². The van der Waals surface area contributed by atoms with E-state index >= 15 is 0 Å². The molecular weight excluding hydrogens is 248 g/mol. The molecule has 1 saturated carbocycles. The molecule has 1 aromatic heterocycles. The molecule has 2 rings (SSSR count). The molecule has 0 radical (unpaired) electrons. The van der Waals surface area contributed by atoms with Crippen LogP contribution in [0.1, 0.15) is 43.7 Å². The summed E-state index contributed by atoms with van der Waals surface area (Å²) in [6.45, 7) is 3.09. The number of carboxylic acids is 1. The van der Waals surface area contributed by atoms with Crippen LogP contribution in [0, 0.1) is 11.8 Å². The van der Waals surface area contributed by atoms with Crippen LogP contribution in [0.2, 0.25) is 0 Å². The van der Waals surface area contributed by atoms with Gasteiger partial charge in [0.2, 0.25) is 0 Å². The standard InChI is InChI=1S/C13H20N2O2S/c1-9(12-14-6-7-18-12)15-8-10-2-4-11(5-3-10)13(16)17/h6-7,9-11,15H,2-5,8H2,1H3,(H,16,17). The lowest BCUT2D eigenvalue weighted by atomic mass is 9.82. The first-order chi connectivity index (χ1) is 8.66. The van der Waals surface area contributed by atoms with Gasteiger partial charge in [-0.05, 0) is 45.1 Å². The molecular formula is C13H20N2O2S. The number of hydrogen-bond acceptors (Lipinski definition) is 4. The van der Waals surface area contributed by atoms with Crippen LogP contribution in [0.5, 0.6) is 0 Å². The first kappa shape index (κ1) is 13.5. The molecule has 1 heterocycles. The lowest BCUT2D eigenvalue weighted by Crippen LogP contribution is -2.30. The van der Waals surface area contributed by atoms with Gasteiger partial charge in [-0.2, -0.15) is 0 Å². The van der Waals surface area contributed by atoms with Crippen LogP contribution < -0.4 is 5.32 Å². The Labute approximate surface area is 111 Å². The summed E-state index contributed by atoms with van der Waals surface area (Å²) in [5.41, 5.74) is 0. The fourth-order valence-electron chi connectivity index (χ4n) is 2.49. The quantitative estimate of drug-likeness (QED) is 0.862. The third kappa shape index (κ3) is 3.53. The highest BCUT2D eigenvalue weighted by molar-refractivity contribution is 7.09. The number of carboxylic acid groups (broad SMARTS) is 1. The van der Waals surface area contributed by atoms with Gasteiger partial charge in [0.1, 0.15) is 5.01 Å². The second kappa shape index (κ2) is 6.29. The molecule has 100 valence electrons. The Balaban J connectivity index is 1.71. The maximum Gasteiger partial charge on any atom is 0.306 e. The summed E-state index contributed by atoms with van der Waals surface area (Å²) in [7, 11) is 0. The number of aromatic nitrogens is 1. The van der Waals surface area contributed by atoms with Crippen LogP contribution in [-0.4, -0.2) is 22.6 Å². The Morgan fingerprint density at radius 2 is 2.28 bits per heavy atom. The molecule has 0 aliphatic heterocycles. The highest BCUT2D eigenvalue weighted by atomic mass is 32.1. The van der Waals surface area contributed by atoms with Crippen molar-refractivity contribution in [2.45, 2.75) is 38.6 Å². The fourth-order valence-corrected chi connectivity index (χ4v) is 3.16. The van der Waals surface area contributed by atoms with Crippen LogP contribution in [0.15, 0.2) is 11.6 Å². The Morgan fingerprint density at radius 1 is 1.56 bits per heavy atom. The van der Waals surface area contributed by atoms with Crippen LogP contribution in [0.3, 0.4) is 0 Å². The third-order valence-corrected chi connectivity index (χ3v) is 4.69. The zero-order valence-corrected chi connectivity index (χ0v) is 11.4. The Hall–Kier alpha value is -0.940. The third-order valence-electron chi connectivity index (χ3n) is 3.73. The van der Waals surface area contributed by atoms with Gasteiger partial charge in [-0.3, -0.25) is 4.79 Å². The SMILES string of the molecule is CC(NCC1CCC(C(=O)O)CC1)c1nccs1. The maximum atomic E-state index is 10.9. The summed E-state index contributed by atoms with van der Waals surface area (Å²) in [5, 5.41) is 15.6. The fraction of sp³-hybridized carbons (Fsp3) is 0.692. The van der Waals surface area contributed by atoms with E-state index in [4.69, 9.17) is 5.11 Å². The molecule has 0 amide bonds. The van der Waals surface area contributed by atoms with Gasteiger partial charge in [0.05, 0.1) is 12.0 Å². The maximum absolute atomic E-state index is 10.9. The van der Waals surface area contributed by atoms with Crippen molar-refractivity contribution in [3.63, 3.8) is 0 Å². The van der Waals surface area contributed by atoms with E-state index in [2.05, 4.69) is 17.2 Å². The van der Waals surface area contributed by atoms with Crippen molar-refractivity contribution in [3.05, 3.63) is 16.6 Å². The first-order valence-electron chi connectivity index (χ1n) is 6.52. The molecule has 5 heteroatoms. The molecule has 1 unspecified atom stereocenters. The first-order valence-corrected chi connectivity index (χ1v) is 7.40. The van der Waals surface area contributed by atoms with Gasteiger partial charge in [0, 0.05) is 11.6 Å². The topological polar surface area (TPSA) is 62.2 Å². The van der Waals surface area contributed by atoms with E-state index in [0.29, 0.717) is 12.0 Å². The van der Waals surface area contributed by atoms with E-state index in [9.17, 15) is 4.79 Å². The van der Waals surface area contributed by atoms with E-state index in [0.717, 1.165) is 37.2 Å². The molecule has 1 fully saturated rings. The lowest BCUT2D eigenvalue weighted by molar-refractivity contribution is -0.143. The molecule has 4 nitrogen and oxygen atoms in total. The molecule has 1 atom stereocenters. The van der Waals surface area contributed by atoms with Crippen molar-refractivity contribution in [2.75, 3.05) is 6.54 Å². The number of hydrogen-bond donors (Lipinski definition) is 2. The van der Waals surface area contributed by atoms with Crippen LogP contribution in [0.25, 0.3) is 0 Å². The van der Waals surface area contributed by atoms with Crippen molar-refractivity contribution in [2.24, 2.45) is 11.8 Å². The summed E-state index contributed by atoms with van der Waals surface area (Å²) in [6, 6.07) is 0.294. The van der Waals surface area contributed by atoms with Gasteiger partial charge in [0.15, 0.2) is 0 Å². The van der Waals surface area contributed by atoms with Crippen LogP contribution >= 0.6 is 11.3 Å². The minimum atomic E-state index is -0.627. The van der Waals surface area contributed by atoms with Crippen LogP contribution in [-0.2, 0) is 4.79 Å². The number of nitrogens with zero attached hydrogens (tertiary/aromatic N) is 1. The molecule has 0 bridgehead atoms. The van der Waals surface area contributed by atoms with Crippen LogP contribution in [0.4, 0.5) is 0 Å². The summed E-state index contributed by atoms with van der Waals surface area (Å²) in [6.07, 6.45) is 5.53. The lowest BCUT2D eigenvalue weighted by Gasteiger charge is -2.27. The number of thiazole rings is 1. The van der Waals surface area contributed by atoms with Crippen molar-refractivity contribution in [1.82, 2.24) is 10.3 Å². The van der Waals surface area contributed by atoms with Crippen molar-refractivity contribution in [1.29, 1.82) is 0 Å². The zero-order chi connectivity index (χ0) is 13.0. The molecule has 1 aliphatic rings. The predicted octanol–water partition coefficient (Wildman–Crippen LogP) is 2.68. The van der Waals surface area contributed by atoms with Gasteiger partial charge in [0.25, 0.3) is 0 Å². The summed E-state index contributed by atoms with van der Waals surface area (Å²) in [4.78, 5) is 15.2. The number of nitrogens with one attached hydrogen (secondary N) is 1. The van der Waals surface area contributed by atoms with Gasteiger partial charge in [-0.25, -0.2) is 4.98 Å². The van der Waals surface area contributed by atoms with Gasteiger partial charge < -0.3 is 10.4 Å². The van der Waals surface area contributed by atoms with Gasteiger partial charge >= 0.3 is 5.97 Å². The normalized spacial score (nSPS) is 25.8. The monoisotopic (exact) mass is 268 g/mol. The molecule has 2 N–H and O–H groups in total. The molecule has 0 saturated heterocycles. The highest BCUT2D eigenvalue weighted by Gasteiger charge is 2.25. The molecule has 0 aromatic carbocycles. The van der Waals surface area contributed by atoms with Gasteiger partial charge in [-0.15, -0.1) is 11.3 Å². The minimum Gasteiger partial charge on any atom is -0.481 e. The zero-order valence-electron chi connectivity index (χ0n) is 10.6. The van der Waals surface area contributed by atoms with Gasteiger partial charge in [-0.1, -0.05) is 0 Å². The smallest absolute Gasteiger partial charge is 0.306 e. The van der Waals surface area contributed by atoms with E-state index in [1.54, 1.807) is 11.3 Å². The van der Waals surface area contributed by atoms with E-state index < -0.39 is 5.97 Å². The number of rotatable bonds is 5. The summed E-state index contributed by atoms with van der Waals surface area (Å²) < 4.78 is 0.